The molecule has 7 heteroatoms. The third kappa shape index (κ3) is 4.99. The number of carbonyl (C=O) groups excluding carboxylic acids is 1. The van der Waals surface area contributed by atoms with Crippen molar-refractivity contribution >= 4 is 17.8 Å². The Hall–Kier alpha value is -2.05. The summed E-state index contributed by atoms with van der Waals surface area (Å²) in [5, 5.41) is 18.1. The van der Waals surface area contributed by atoms with E-state index in [4.69, 9.17) is 5.11 Å². The molecule has 2 amide bonds. The van der Waals surface area contributed by atoms with Crippen molar-refractivity contribution in [2.24, 2.45) is 0 Å². The first-order valence-electron chi connectivity index (χ1n) is 6.17. The smallest absolute Gasteiger partial charge is 0.320 e. The van der Waals surface area contributed by atoms with Crippen molar-refractivity contribution in [1.29, 1.82) is 0 Å². The van der Waals surface area contributed by atoms with Crippen molar-refractivity contribution in [1.82, 2.24) is 15.1 Å². The Bertz CT molecular complexity index is 454. The van der Waals surface area contributed by atoms with E-state index in [1.54, 1.807) is 30.8 Å². The molecule has 0 fully saturated rings. The molecular formula is C12H20N4O3. The number of nitrogens with one attached hydrogen (secondary N) is 2. The summed E-state index contributed by atoms with van der Waals surface area (Å²) >= 11 is 0. The first kappa shape index (κ1) is 15.0. The average Bonchev–Trinajstić information content (AvgIpc) is 2.73. The van der Waals surface area contributed by atoms with Crippen LogP contribution in [0.25, 0.3) is 0 Å². The van der Waals surface area contributed by atoms with Crippen molar-refractivity contribution in [2.45, 2.75) is 45.7 Å². The van der Waals surface area contributed by atoms with E-state index in [9.17, 15) is 9.59 Å². The number of nitrogens with zero attached hydrogens (tertiary/aromatic N) is 2. The zero-order valence-corrected chi connectivity index (χ0v) is 11.4. The van der Waals surface area contributed by atoms with Gasteiger partial charge in [-0.2, -0.15) is 5.10 Å². The molecule has 0 spiro atoms. The van der Waals surface area contributed by atoms with Gasteiger partial charge in [0.05, 0.1) is 6.20 Å². The Kier molecular flexibility index (Phi) is 4.91. The lowest BCUT2D eigenvalue weighted by Gasteiger charge is -2.25. The van der Waals surface area contributed by atoms with E-state index in [0.717, 1.165) is 0 Å². The van der Waals surface area contributed by atoms with Gasteiger partial charge < -0.3 is 10.4 Å². The zero-order valence-electron chi connectivity index (χ0n) is 11.4. The molecule has 3 N–H and O–H groups in total. The van der Waals surface area contributed by atoms with E-state index in [2.05, 4.69) is 15.7 Å². The van der Waals surface area contributed by atoms with E-state index in [1.807, 2.05) is 6.92 Å². The Morgan fingerprint density at radius 1 is 1.47 bits per heavy atom. The third-order valence-electron chi connectivity index (χ3n) is 2.67. The molecule has 0 aliphatic carbocycles. The van der Waals surface area contributed by atoms with Crippen molar-refractivity contribution in [2.75, 3.05) is 5.32 Å². The minimum atomic E-state index is -0.876. The molecule has 0 aliphatic rings. The number of carbonyl (C=O) groups is 2. The van der Waals surface area contributed by atoms with Gasteiger partial charge in [0.25, 0.3) is 0 Å². The Labute approximate surface area is 112 Å². The maximum atomic E-state index is 11.8. The van der Waals surface area contributed by atoms with Crippen molar-refractivity contribution in [3.05, 3.63) is 12.3 Å². The molecule has 1 rings (SSSR count). The molecule has 0 saturated carbocycles. The largest absolute Gasteiger partial charge is 0.481 e. The van der Waals surface area contributed by atoms with Gasteiger partial charge in [0, 0.05) is 24.6 Å². The molecule has 0 unspecified atom stereocenters. The Balaban J connectivity index is 2.52. The number of carboxylic acid groups (broad SMARTS) is 1. The van der Waals surface area contributed by atoms with Crippen LogP contribution in [0.4, 0.5) is 10.6 Å². The number of aromatic nitrogens is 2. The maximum Gasteiger partial charge on any atom is 0.320 e. The summed E-state index contributed by atoms with van der Waals surface area (Å²) in [5.41, 5.74) is -0.584. The number of anilines is 1. The molecule has 1 aromatic rings. The standard InChI is InChI=1S/C12H20N4O3/c1-4-16-9(6-8-13-16)14-11(19)15-12(2,3)7-5-10(17)18/h6,8H,4-5,7H2,1-3H3,(H,17,18)(H2,14,15,19). The zero-order chi connectivity index (χ0) is 14.5. The second-order valence-corrected chi connectivity index (χ2v) is 4.89. The number of hydrogen-bond acceptors (Lipinski definition) is 3. The van der Waals surface area contributed by atoms with Crippen molar-refractivity contribution < 1.29 is 14.7 Å². The number of carboxylic acids is 1. The van der Waals surface area contributed by atoms with Gasteiger partial charge in [-0.15, -0.1) is 0 Å². The van der Waals surface area contributed by atoms with Crippen LogP contribution in [0.15, 0.2) is 12.3 Å². The van der Waals surface area contributed by atoms with E-state index in [0.29, 0.717) is 18.8 Å². The molecule has 0 aromatic carbocycles. The molecule has 0 atom stereocenters. The topological polar surface area (TPSA) is 96.3 Å². The maximum absolute atomic E-state index is 11.8. The van der Waals surface area contributed by atoms with Crippen LogP contribution in [-0.4, -0.2) is 32.4 Å². The summed E-state index contributed by atoms with van der Waals surface area (Å²) in [4.78, 5) is 22.4. The van der Waals surface area contributed by atoms with Gasteiger partial charge in [0.1, 0.15) is 5.82 Å². The summed E-state index contributed by atoms with van der Waals surface area (Å²) < 4.78 is 1.66. The molecule has 19 heavy (non-hydrogen) atoms. The van der Waals surface area contributed by atoms with Gasteiger partial charge in [0.2, 0.25) is 0 Å². The second kappa shape index (κ2) is 6.21. The number of amides is 2. The fourth-order valence-corrected chi connectivity index (χ4v) is 1.63. The van der Waals surface area contributed by atoms with Crippen LogP contribution in [0.3, 0.4) is 0 Å². The van der Waals surface area contributed by atoms with E-state index >= 15 is 0 Å². The predicted octanol–water partition coefficient (Wildman–Crippen LogP) is 1.67. The molecule has 106 valence electrons. The van der Waals surface area contributed by atoms with Crippen LogP contribution < -0.4 is 10.6 Å². The highest BCUT2D eigenvalue weighted by Crippen LogP contribution is 2.12. The fraction of sp³-hybridized carbons (Fsp3) is 0.583. The molecule has 0 bridgehead atoms. The number of urea groups is 1. The molecule has 0 radical (unpaired) electrons. The van der Waals surface area contributed by atoms with E-state index in [-0.39, 0.29) is 12.5 Å². The Morgan fingerprint density at radius 3 is 2.74 bits per heavy atom. The lowest BCUT2D eigenvalue weighted by molar-refractivity contribution is -0.137. The van der Waals surface area contributed by atoms with Crippen LogP contribution in [-0.2, 0) is 11.3 Å². The van der Waals surface area contributed by atoms with Crippen molar-refractivity contribution in [3.63, 3.8) is 0 Å². The monoisotopic (exact) mass is 268 g/mol. The second-order valence-electron chi connectivity index (χ2n) is 4.89. The van der Waals surface area contributed by atoms with Crippen LogP contribution in [0.5, 0.6) is 0 Å². The molecule has 1 heterocycles. The summed E-state index contributed by atoms with van der Waals surface area (Å²) in [5.74, 6) is -0.270. The summed E-state index contributed by atoms with van der Waals surface area (Å²) in [6.07, 6.45) is 1.98. The lowest BCUT2D eigenvalue weighted by Crippen LogP contribution is -2.46. The minimum absolute atomic E-state index is 0.0141. The van der Waals surface area contributed by atoms with Gasteiger partial charge >= 0.3 is 12.0 Å². The normalized spacial score (nSPS) is 11.1. The molecular weight excluding hydrogens is 248 g/mol. The highest BCUT2D eigenvalue weighted by Gasteiger charge is 2.21. The first-order chi connectivity index (χ1) is 8.84. The quantitative estimate of drug-likeness (QED) is 0.731. The Morgan fingerprint density at radius 2 is 2.16 bits per heavy atom. The van der Waals surface area contributed by atoms with E-state index < -0.39 is 11.5 Å². The molecule has 0 aliphatic heterocycles. The van der Waals surface area contributed by atoms with Crippen molar-refractivity contribution in [3.8, 4) is 0 Å². The fourth-order valence-electron chi connectivity index (χ4n) is 1.63. The summed E-state index contributed by atoms with van der Waals surface area (Å²) in [6, 6.07) is 1.33. The minimum Gasteiger partial charge on any atom is -0.481 e. The van der Waals surface area contributed by atoms with Gasteiger partial charge in [-0.05, 0) is 27.2 Å². The van der Waals surface area contributed by atoms with Crippen LogP contribution in [0.2, 0.25) is 0 Å². The van der Waals surface area contributed by atoms with Gasteiger partial charge in [-0.1, -0.05) is 0 Å². The van der Waals surface area contributed by atoms with E-state index in [1.165, 1.54) is 0 Å². The van der Waals surface area contributed by atoms with Gasteiger partial charge in [0.15, 0.2) is 0 Å². The highest BCUT2D eigenvalue weighted by molar-refractivity contribution is 5.88. The first-order valence-corrected chi connectivity index (χ1v) is 6.17. The molecule has 1 aromatic heterocycles. The van der Waals surface area contributed by atoms with Crippen LogP contribution in [0.1, 0.15) is 33.6 Å². The average molecular weight is 268 g/mol. The number of aliphatic carboxylic acids is 1. The van der Waals surface area contributed by atoms with Crippen LogP contribution in [0, 0.1) is 0 Å². The number of aryl methyl sites for hydroxylation is 1. The predicted molar refractivity (Wildman–Crippen MR) is 71.0 cm³/mol. The van der Waals surface area contributed by atoms with Crippen LogP contribution >= 0.6 is 0 Å². The number of rotatable bonds is 6. The SMILES string of the molecule is CCn1nccc1NC(=O)NC(C)(C)CCC(=O)O. The lowest BCUT2D eigenvalue weighted by atomic mass is 9.99. The van der Waals surface area contributed by atoms with Gasteiger partial charge in [-0.3, -0.25) is 10.1 Å². The third-order valence-corrected chi connectivity index (χ3v) is 2.67. The highest BCUT2D eigenvalue weighted by atomic mass is 16.4. The number of hydrogen-bond donors (Lipinski definition) is 3. The molecule has 7 nitrogen and oxygen atoms in total. The molecule has 0 saturated heterocycles. The van der Waals surface area contributed by atoms with Gasteiger partial charge in [-0.25, -0.2) is 9.48 Å². The summed E-state index contributed by atoms with van der Waals surface area (Å²) in [6.45, 7) is 6.15. The summed E-state index contributed by atoms with van der Waals surface area (Å²) in [7, 11) is 0.